The smallest absolute Gasteiger partial charge is 0.325 e. The first-order valence-corrected chi connectivity index (χ1v) is 5.84. The van der Waals surface area contributed by atoms with E-state index in [2.05, 4.69) is 31.0 Å². The van der Waals surface area contributed by atoms with Crippen LogP contribution >= 0.6 is 11.3 Å². The Balaban J connectivity index is 2.90. The summed E-state index contributed by atoms with van der Waals surface area (Å²) in [6.45, 7) is 6.22. The fraction of sp³-hybridized carbons (Fsp3) is 0.700. The van der Waals surface area contributed by atoms with Crippen LogP contribution in [0.25, 0.3) is 0 Å². The van der Waals surface area contributed by atoms with Crippen molar-refractivity contribution < 1.29 is 4.79 Å². The van der Waals surface area contributed by atoms with Crippen LogP contribution in [0.1, 0.15) is 25.8 Å². The minimum Gasteiger partial charge on any atom is -0.330 e. The van der Waals surface area contributed by atoms with Crippen LogP contribution in [-0.2, 0) is 5.41 Å². The Bertz CT molecular complexity index is 380. The molecular formula is C10H18N4OS. The molecule has 0 unspecified atom stereocenters. The summed E-state index contributed by atoms with van der Waals surface area (Å²) < 4.78 is 0. The van der Waals surface area contributed by atoms with Crippen LogP contribution in [0, 0.1) is 0 Å². The first-order valence-electron chi connectivity index (χ1n) is 5.02. The summed E-state index contributed by atoms with van der Waals surface area (Å²) in [5.74, 6) is 0. The Kier molecular flexibility index (Phi) is 3.52. The first-order chi connectivity index (χ1) is 7.23. The SMILES string of the molecule is CN(C)C(=O)N(C)c1nnc(C(C)(C)C)s1. The monoisotopic (exact) mass is 242 g/mol. The van der Waals surface area contributed by atoms with E-state index in [1.807, 2.05) is 0 Å². The Morgan fingerprint density at radius 3 is 2.12 bits per heavy atom. The number of urea groups is 1. The molecule has 0 spiro atoms. The van der Waals surface area contributed by atoms with Crippen molar-refractivity contribution in [3.63, 3.8) is 0 Å². The van der Waals surface area contributed by atoms with Gasteiger partial charge in [0.05, 0.1) is 0 Å². The van der Waals surface area contributed by atoms with Gasteiger partial charge in [0.1, 0.15) is 5.01 Å². The Morgan fingerprint density at radius 1 is 1.19 bits per heavy atom. The normalized spacial score (nSPS) is 11.4. The second kappa shape index (κ2) is 4.37. The average molecular weight is 242 g/mol. The van der Waals surface area contributed by atoms with E-state index in [1.54, 1.807) is 21.1 Å². The molecule has 2 amide bonds. The minimum atomic E-state index is -0.100. The van der Waals surface area contributed by atoms with E-state index in [-0.39, 0.29) is 11.4 Å². The maximum atomic E-state index is 11.7. The van der Waals surface area contributed by atoms with Gasteiger partial charge in [0.15, 0.2) is 0 Å². The molecule has 1 aromatic rings. The third-order valence-corrected chi connectivity index (χ3v) is 3.44. The van der Waals surface area contributed by atoms with Crippen LogP contribution in [0.15, 0.2) is 0 Å². The molecule has 0 aliphatic carbocycles. The lowest BCUT2D eigenvalue weighted by atomic mass is 9.98. The van der Waals surface area contributed by atoms with Gasteiger partial charge in [0, 0.05) is 26.6 Å². The van der Waals surface area contributed by atoms with Crippen LogP contribution in [0.5, 0.6) is 0 Å². The van der Waals surface area contributed by atoms with Crippen molar-refractivity contribution >= 4 is 22.5 Å². The van der Waals surface area contributed by atoms with Crippen molar-refractivity contribution in [3.8, 4) is 0 Å². The molecule has 0 aromatic carbocycles. The van der Waals surface area contributed by atoms with E-state index in [0.29, 0.717) is 5.13 Å². The molecule has 0 aliphatic heterocycles. The van der Waals surface area contributed by atoms with Crippen LogP contribution in [0.2, 0.25) is 0 Å². The molecule has 0 N–H and O–H groups in total. The molecule has 1 rings (SSSR count). The Hall–Kier alpha value is -1.17. The fourth-order valence-electron chi connectivity index (χ4n) is 1.04. The maximum absolute atomic E-state index is 11.7. The number of amides is 2. The number of hydrogen-bond donors (Lipinski definition) is 0. The summed E-state index contributed by atoms with van der Waals surface area (Å²) in [7, 11) is 5.13. The number of carbonyl (C=O) groups is 1. The molecule has 1 aromatic heterocycles. The van der Waals surface area contributed by atoms with E-state index in [4.69, 9.17) is 0 Å². The van der Waals surface area contributed by atoms with Crippen molar-refractivity contribution in [3.05, 3.63) is 5.01 Å². The summed E-state index contributed by atoms with van der Waals surface area (Å²) >= 11 is 1.45. The molecule has 0 saturated carbocycles. The highest BCUT2D eigenvalue weighted by Gasteiger charge is 2.23. The zero-order chi connectivity index (χ0) is 12.5. The molecule has 1 heterocycles. The van der Waals surface area contributed by atoms with Gasteiger partial charge in [0.25, 0.3) is 0 Å². The highest BCUT2D eigenvalue weighted by atomic mass is 32.1. The molecule has 0 saturated heterocycles. The van der Waals surface area contributed by atoms with Crippen molar-refractivity contribution in [1.29, 1.82) is 0 Å². The molecule has 0 aliphatic rings. The molecule has 5 nitrogen and oxygen atoms in total. The number of hydrogen-bond acceptors (Lipinski definition) is 4. The lowest BCUT2D eigenvalue weighted by molar-refractivity contribution is 0.225. The molecule has 0 radical (unpaired) electrons. The third-order valence-electron chi connectivity index (χ3n) is 2.01. The van der Waals surface area contributed by atoms with E-state index >= 15 is 0 Å². The standard InChI is InChI=1S/C10H18N4OS/c1-10(2,3)7-11-12-8(16-7)14(6)9(15)13(4)5/h1-6H3. The predicted molar refractivity (Wildman–Crippen MR) is 66.1 cm³/mol. The number of rotatable bonds is 1. The van der Waals surface area contributed by atoms with Gasteiger partial charge in [-0.15, -0.1) is 10.2 Å². The van der Waals surface area contributed by atoms with Gasteiger partial charge in [-0.3, -0.25) is 4.90 Å². The highest BCUT2D eigenvalue weighted by molar-refractivity contribution is 7.15. The summed E-state index contributed by atoms with van der Waals surface area (Å²) in [6, 6.07) is -0.100. The fourth-order valence-corrected chi connectivity index (χ4v) is 1.89. The number of aromatic nitrogens is 2. The largest absolute Gasteiger partial charge is 0.330 e. The average Bonchev–Trinajstić information content (AvgIpc) is 2.63. The van der Waals surface area contributed by atoms with E-state index < -0.39 is 0 Å². The molecule has 0 bridgehead atoms. The van der Waals surface area contributed by atoms with Crippen molar-refractivity contribution in [1.82, 2.24) is 15.1 Å². The molecule has 16 heavy (non-hydrogen) atoms. The van der Waals surface area contributed by atoms with Gasteiger partial charge in [-0.1, -0.05) is 32.1 Å². The van der Waals surface area contributed by atoms with Gasteiger partial charge in [-0.25, -0.2) is 4.79 Å². The van der Waals surface area contributed by atoms with Crippen molar-refractivity contribution in [2.45, 2.75) is 26.2 Å². The molecule has 0 atom stereocenters. The van der Waals surface area contributed by atoms with Crippen molar-refractivity contribution in [2.75, 3.05) is 26.0 Å². The van der Waals surface area contributed by atoms with Gasteiger partial charge in [0.2, 0.25) is 5.13 Å². The van der Waals surface area contributed by atoms with Gasteiger partial charge in [-0.2, -0.15) is 0 Å². The zero-order valence-corrected chi connectivity index (χ0v) is 11.4. The Morgan fingerprint density at radius 2 is 1.75 bits per heavy atom. The molecule has 0 fully saturated rings. The third kappa shape index (κ3) is 2.69. The predicted octanol–water partition coefficient (Wildman–Crippen LogP) is 1.95. The summed E-state index contributed by atoms with van der Waals surface area (Å²) in [6.07, 6.45) is 0. The van der Waals surface area contributed by atoms with E-state index in [9.17, 15) is 4.79 Å². The van der Waals surface area contributed by atoms with Gasteiger partial charge >= 0.3 is 6.03 Å². The van der Waals surface area contributed by atoms with E-state index in [0.717, 1.165) is 5.01 Å². The maximum Gasteiger partial charge on any atom is 0.325 e. The quantitative estimate of drug-likeness (QED) is 0.756. The van der Waals surface area contributed by atoms with Crippen LogP contribution in [0.4, 0.5) is 9.93 Å². The summed E-state index contributed by atoms with van der Waals surface area (Å²) in [5, 5.41) is 9.70. The Labute approximate surface area is 100 Å². The summed E-state index contributed by atoms with van der Waals surface area (Å²) in [4.78, 5) is 14.7. The molecule has 6 heteroatoms. The second-order valence-corrected chi connectivity index (χ2v) is 5.83. The lowest BCUT2D eigenvalue weighted by Crippen LogP contribution is -2.36. The van der Waals surface area contributed by atoms with Crippen LogP contribution in [0.3, 0.4) is 0 Å². The number of nitrogens with zero attached hydrogens (tertiary/aromatic N) is 4. The van der Waals surface area contributed by atoms with Crippen molar-refractivity contribution in [2.24, 2.45) is 0 Å². The molecular weight excluding hydrogens is 224 g/mol. The minimum absolute atomic E-state index is 0.0298. The lowest BCUT2D eigenvalue weighted by Gasteiger charge is -2.18. The molecule has 90 valence electrons. The first kappa shape index (κ1) is 12.9. The van der Waals surface area contributed by atoms with Gasteiger partial charge < -0.3 is 4.90 Å². The van der Waals surface area contributed by atoms with Crippen LogP contribution < -0.4 is 4.90 Å². The van der Waals surface area contributed by atoms with Crippen LogP contribution in [-0.4, -0.2) is 42.3 Å². The number of anilines is 1. The topological polar surface area (TPSA) is 49.3 Å². The second-order valence-electron chi connectivity index (χ2n) is 4.88. The van der Waals surface area contributed by atoms with E-state index in [1.165, 1.54) is 21.1 Å². The summed E-state index contributed by atoms with van der Waals surface area (Å²) in [5.41, 5.74) is -0.0298. The highest BCUT2D eigenvalue weighted by Crippen LogP contribution is 2.29. The zero-order valence-electron chi connectivity index (χ0n) is 10.6. The number of carbonyl (C=O) groups excluding carboxylic acids is 1. The van der Waals surface area contributed by atoms with Gasteiger partial charge in [-0.05, 0) is 0 Å².